The molecule has 5 heteroatoms. The summed E-state index contributed by atoms with van der Waals surface area (Å²) >= 11 is 12.2. The van der Waals surface area contributed by atoms with Gasteiger partial charge in [-0.3, -0.25) is 4.90 Å². The molecular formula is C17H21Cl2N3. The molecule has 1 aromatic carbocycles. The SMILES string of the molecule is Nc1ccccc1N1CCN(CC2=CC=C(Cl)C(Cl)C2)CC1. The van der Waals surface area contributed by atoms with E-state index in [0.717, 1.165) is 55.6 Å². The summed E-state index contributed by atoms with van der Waals surface area (Å²) in [6.45, 7) is 5.05. The van der Waals surface area contributed by atoms with Crippen LogP contribution in [0.25, 0.3) is 0 Å². The summed E-state index contributed by atoms with van der Waals surface area (Å²) in [5.74, 6) is 0. The lowest BCUT2D eigenvalue weighted by atomic mass is 10.0. The molecule has 22 heavy (non-hydrogen) atoms. The van der Waals surface area contributed by atoms with Crippen LogP contribution in [0.5, 0.6) is 0 Å². The van der Waals surface area contributed by atoms with E-state index in [4.69, 9.17) is 28.9 Å². The molecule has 1 fully saturated rings. The lowest BCUT2D eigenvalue weighted by Crippen LogP contribution is -2.47. The van der Waals surface area contributed by atoms with E-state index >= 15 is 0 Å². The Morgan fingerprint density at radius 1 is 1.09 bits per heavy atom. The third kappa shape index (κ3) is 3.60. The normalized spacial score (nSPS) is 23.2. The maximum absolute atomic E-state index is 6.22. The molecule has 3 rings (SSSR count). The van der Waals surface area contributed by atoms with E-state index < -0.39 is 0 Å². The van der Waals surface area contributed by atoms with Crippen molar-refractivity contribution in [1.29, 1.82) is 0 Å². The van der Waals surface area contributed by atoms with E-state index in [1.165, 1.54) is 5.57 Å². The average Bonchev–Trinajstić information content (AvgIpc) is 2.52. The number of hydrogen-bond donors (Lipinski definition) is 1. The van der Waals surface area contributed by atoms with Crippen molar-refractivity contribution in [1.82, 2.24) is 4.90 Å². The molecule has 2 N–H and O–H groups in total. The molecular weight excluding hydrogens is 317 g/mol. The average molecular weight is 338 g/mol. The third-order valence-corrected chi connectivity index (χ3v) is 5.19. The number of alkyl halides is 1. The summed E-state index contributed by atoms with van der Waals surface area (Å²) in [6, 6.07) is 8.08. The fraction of sp³-hybridized carbons (Fsp3) is 0.412. The molecule has 0 radical (unpaired) electrons. The number of nitrogen functional groups attached to an aromatic ring is 1. The molecule has 1 atom stereocenters. The second-order valence-corrected chi connectivity index (χ2v) is 6.83. The molecule has 1 aliphatic carbocycles. The summed E-state index contributed by atoms with van der Waals surface area (Å²) in [5.41, 5.74) is 9.43. The van der Waals surface area contributed by atoms with Crippen molar-refractivity contribution in [2.75, 3.05) is 43.4 Å². The van der Waals surface area contributed by atoms with Gasteiger partial charge in [0.2, 0.25) is 0 Å². The van der Waals surface area contributed by atoms with Gasteiger partial charge in [-0.05, 0) is 24.6 Å². The van der Waals surface area contributed by atoms with E-state index in [9.17, 15) is 0 Å². The topological polar surface area (TPSA) is 32.5 Å². The van der Waals surface area contributed by atoms with Gasteiger partial charge in [-0.15, -0.1) is 11.6 Å². The third-order valence-electron chi connectivity index (χ3n) is 4.30. The van der Waals surface area contributed by atoms with Gasteiger partial charge in [0.25, 0.3) is 0 Å². The molecule has 0 amide bonds. The molecule has 118 valence electrons. The summed E-state index contributed by atoms with van der Waals surface area (Å²) in [4.78, 5) is 4.83. The van der Waals surface area contributed by atoms with Crippen molar-refractivity contribution < 1.29 is 0 Å². The molecule has 1 aliphatic heterocycles. The van der Waals surface area contributed by atoms with E-state index in [2.05, 4.69) is 21.9 Å². The number of rotatable bonds is 3. The van der Waals surface area contributed by atoms with Crippen LogP contribution < -0.4 is 10.6 Å². The zero-order valence-electron chi connectivity index (χ0n) is 12.5. The number of anilines is 2. The molecule has 1 saturated heterocycles. The van der Waals surface area contributed by atoms with Crippen LogP contribution in [0, 0.1) is 0 Å². The van der Waals surface area contributed by atoms with Crippen LogP contribution >= 0.6 is 23.2 Å². The van der Waals surface area contributed by atoms with Crippen molar-refractivity contribution in [3.05, 3.63) is 47.0 Å². The molecule has 0 saturated carbocycles. The first kappa shape index (κ1) is 15.7. The summed E-state index contributed by atoms with van der Waals surface area (Å²) in [7, 11) is 0. The van der Waals surface area contributed by atoms with E-state index in [1.54, 1.807) is 0 Å². The fourth-order valence-corrected chi connectivity index (χ4v) is 3.44. The number of nitrogens with two attached hydrogens (primary N) is 1. The maximum atomic E-state index is 6.22. The molecule has 1 aromatic rings. The van der Waals surface area contributed by atoms with Gasteiger partial charge < -0.3 is 10.6 Å². The largest absolute Gasteiger partial charge is 0.397 e. The van der Waals surface area contributed by atoms with Gasteiger partial charge >= 0.3 is 0 Å². The molecule has 0 aromatic heterocycles. The Balaban J connectivity index is 1.55. The second kappa shape index (κ2) is 6.95. The lowest BCUT2D eigenvalue weighted by Gasteiger charge is -2.37. The Kier molecular flexibility index (Phi) is 4.97. The van der Waals surface area contributed by atoms with Crippen LogP contribution in [-0.2, 0) is 0 Å². The Hall–Kier alpha value is -1.16. The predicted molar refractivity (Wildman–Crippen MR) is 95.8 cm³/mol. The summed E-state index contributed by atoms with van der Waals surface area (Å²) in [5, 5.41) is 0.682. The second-order valence-electron chi connectivity index (χ2n) is 5.87. The quantitative estimate of drug-likeness (QED) is 0.677. The highest BCUT2D eigenvalue weighted by Gasteiger charge is 2.21. The van der Waals surface area contributed by atoms with Crippen LogP contribution in [0.4, 0.5) is 11.4 Å². The molecule has 0 bridgehead atoms. The number of piperazine rings is 1. The number of allylic oxidation sites excluding steroid dienone is 3. The monoisotopic (exact) mass is 337 g/mol. The van der Waals surface area contributed by atoms with Gasteiger partial charge in [0.1, 0.15) is 0 Å². The lowest BCUT2D eigenvalue weighted by molar-refractivity contribution is 0.276. The first-order valence-electron chi connectivity index (χ1n) is 7.64. The van der Waals surface area contributed by atoms with Gasteiger partial charge in [-0.2, -0.15) is 0 Å². The summed E-state index contributed by atoms with van der Waals surface area (Å²) < 4.78 is 0. The van der Waals surface area contributed by atoms with Crippen molar-refractivity contribution in [2.24, 2.45) is 0 Å². The van der Waals surface area contributed by atoms with Crippen LogP contribution in [0.15, 0.2) is 47.0 Å². The van der Waals surface area contributed by atoms with Crippen LogP contribution in [0.3, 0.4) is 0 Å². The first-order chi connectivity index (χ1) is 10.6. The Labute approximate surface area is 142 Å². The highest BCUT2D eigenvalue weighted by molar-refractivity contribution is 6.37. The number of nitrogens with zero attached hydrogens (tertiary/aromatic N) is 2. The van der Waals surface area contributed by atoms with Crippen LogP contribution in [-0.4, -0.2) is 43.0 Å². The summed E-state index contributed by atoms with van der Waals surface area (Å²) in [6.07, 6.45) is 4.89. The van der Waals surface area contributed by atoms with E-state index in [0.29, 0.717) is 0 Å². The van der Waals surface area contributed by atoms with E-state index in [1.807, 2.05) is 24.3 Å². The van der Waals surface area contributed by atoms with Crippen molar-refractivity contribution in [3.8, 4) is 0 Å². The predicted octanol–water partition coefficient (Wildman–Crippen LogP) is 3.45. The van der Waals surface area contributed by atoms with Crippen LogP contribution in [0.1, 0.15) is 6.42 Å². The van der Waals surface area contributed by atoms with Gasteiger partial charge in [-0.1, -0.05) is 35.4 Å². The Bertz CT molecular complexity index is 589. The highest BCUT2D eigenvalue weighted by atomic mass is 35.5. The van der Waals surface area contributed by atoms with Gasteiger partial charge in [0, 0.05) is 37.8 Å². The minimum absolute atomic E-state index is 0.0629. The molecule has 1 heterocycles. The number of hydrogen-bond acceptors (Lipinski definition) is 3. The fourth-order valence-electron chi connectivity index (χ4n) is 3.02. The van der Waals surface area contributed by atoms with Crippen LogP contribution in [0.2, 0.25) is 0 Å². The molecule has 3 nitrogen and oxygen atoms in total. The highest BCUT2D eigenvalue weighted by Crippen LogP contribution is 2.28. The van der Waals surface area contributed by atoms with E-state index in [-0.39, 0.29) is 5.38 Å². The maximum Gasteiger partial charge on any atom is 0.0729 e. The van der Waals surface area contributed by atoms with Crippen molar-refractivity contribution in [3.63, 3.8) is 0 Å². The number of halogens is 2. The Morgan fingerprint density at radius 3 is 2.50 bits per heavy atom. The zero-order valence-corrected chi connectivity index (χ0v) is 14.0. The van der Waals surface area contributed by atoms with Crippen molar-refractivity contribution >= 4 is 34.6 Å². The smallest absolute Gasteiger partial charge is 0.0729 e. The molecule has 1 unspecified atom stereocenters. The first-order valence-corrected chi connectivity index (χ1v) is 8.46. The molecule has 2 aliphatic rings. The minimum Gasteiger partial charge on any atom is -0.397 e. The minimum atomic E-state index is -0.0629. The van der Waals surface area contributed by atoms with Gasteiger partial charge in [0.15, 0.2) is 0 Å². The van der Waals surface area contributed by atoms with Crippen molar-refractivity contribution in [2.45, 2.75) is 11.8 Å². The van der Waals surface area contributed by atoms with Gasteiger partial charge in [-0.25, -0.2) is 0 Å². The zero-order chi connectivity index (χ0) is 15.5. The number of para-hydroxylation sites is 2. The standard InChI is InChI=1S/C17H21Cl2N3/c18-14-6-5-13(11-15(14)19)12-21-7-9-22(10-8-21)17-4-2-1-3-16(17)20/h1-6,15H,7-12,20H2. The number of benzene rings is 1. The Morgan fingerprint density at radius 2 is 1.82 bits per heavy atom. The molecule has 0 spiro atoms. The van der Waals surface area contributed by atoms with Gasteiger partial charge in [0.05, 0.1) is 16.8 Å².